The van der Waals surface area contributed by atoms with Gasteiger partial charge in [-0.2, -0.15) is 0 Å². The smallest absolute Gasteiger partial charge is 0.258 e. The summed E-state index contributed by atoms with van der Waals surface area (Å²) in [4.78, 5) is 20.5. The van der Waals surface area contributed by atoms with Crippen LogP contribution in [0.4, 0.5) is 11.4 Å². The first kappa shape index (κ1) is 13.2. The standard InChI is InChI=1S/C10H10N2O4S2/c13-11(14)7-2-3-8(9(6-7)12(15)16)10-17-4-1-5-18-10/h2-3,6,10H,1,4-5H2. The summed E-state index contributed by atoms with van der Waals surface area (Å²) in [6.07, 6.45) is 1.09. The maximum Gasteiger partial charge on any atom is 0.281 e. The molecule has 0 N–H and O–H groups in total. The first-order valence-electron chi connectivity index (χ1n) is 5.25. The minimum absolute atomic E-state index is 0.0000425. The van der Waals surface area contributed by atoms with Crippen molar-refractivity contribution in [3.8, 4) is 0 Å². The van der Waals surface area contributed by atoms with Gasteiger partial charge in [-0.3, -0.25) is 20.2 Å². The highest BCUT2D eigenvalue weighted by atomic mass is 32.2. The predicted octanol–water partition coefficient (Wildman–Crippen LogP) is 3.37. The quantitative estimate of drug-likeness (QED) is 0.625. The van der Waals surface area contributed by atoms with Crippen LogP contribution < -0.4 is 0 Å². The van der Waals surface area contributed by atoms with Crippen molar-refractivity contribution in [1.29, 1.82) is 0 Å². The van der Waals surface area contributed by atoms with Crippen molar-refractivity contribution in [3.05, 3.63) is 44.0 Å². The Morgan fingerprint density at radius 1 is 1.11 bits per heavy atom. The van der Waals surface area contributed by atoms with Crippen molar-refractivity contribution >= 4 is 34.9 Å². The van der Waals surface area contributed by atoms with Gasteiger partial charge in [0.25, 0.3) is 11.4 Å². The molecule has 0 radical (unpaired) electrons. The Labute approximate surface area is 111 Å². The molecule has 1 aliphatic rings. The molecular formula is C10H10N2O4S2. The highest BCUT2D eigenvalue weighted by molar-refractivity contribution is 8.16. The molecule has 0 atom stereocenters. The average Bonchev–Trinajstić information content (AvgIpc) is 2.39. The molecule has 0 aromatic heterocycles. The molecule has 18 heavy (non-hydrogen) atoms. The van der Waals surface area contributed by atoms with Crippen LogP contribution in [0.5, 0.6) is 0 Å². The summed E-state index contributed by atoms with van der Waals surface area (Å²) in [6.45, 7) is 0. The van der Waals surface area contributed by atoms with Crippen LogP contribution in [0.2, 0.25) is 0 Å². The normalized spacial score (nSPS) is 16.4. The van der Waals surface area contributed by atoms with Crippen molar-refractivity contribution in [1.82, 2.24) is 0 Å². The second-order valence-electron chi connectivity index (χ2n) is 3.68. The lowest BCUT2D eigenvalue weighted by Gasteiger charge is -2.20. The summed E-state index contributed by atoms with van der Waals surface area (Å²) in [6, 6.07) is 3.88. The van der Waals surface area contributed by atoms with Crippen LogP contribution in [0.1, 0.15) is 16.6 Å². The van der Waals surface area contributed by atoms with Gasteiger partial charge in [0, 0.05) is 6.07 Å². The molecule has 1 aromatic carbocycles. The molecule has 8 heteroatoms. The van der Waals surface area contributed by atoms with Gasteiger partial charge in [0.2, 0.25) is 0 Å². The topological polar surface area (TPSA) is 86.3 Å². The highest BCUT2D eigenvalue weighted by Crippen LogP contribution is 2.47. The monoisotopic (exact) mass is 286 g/mol. The molecule has 1 heterocycles. The molecule has 0 bridgehead atoms. The van der Waals surface area contributed by atoms with E-state index >= 15 is 0 Å². The van der Waals surface area contributed by atoms with Crippen molar-refractivity contribution in [2.75, 3.05) is 11.5 Å². The van der Waals surface area contributed by atoms with E-state index < -0.39 is 9.85 Å². The zero-order valence-corrected chi connectivity index (χ0v) is 10.9. The second-order valence-corrected chi connectivity index (χ2v) is 6.41. The summed E-state index contributed by atoms with van der Waals surface area (Å²) < 4.78 is -0.0000425. The first-order valence-corrected chi connectivity index (χ1v) is 7.35. The van der Waals surface area contributed by atoms with E-state index in [2.05, 4.69) is 0 Å². The number of benzene rings is 1. The molecule has 1 saturated heterocycles. The Bertz CT molecular complexity index is 489. The third kappa shape index (κ3) is 2.75. The molecule has 96 valence electrons. The van der Waals surface area contributed by atoms with E-state index in [-0.39, 0.29) is 16.0 Å². The fraction of sp³-hybridized carbons (Fsp3) is 0.400. The van der Waals surface area contributed by atoms with Crippen molar-refractivity contribution < 1.29 is 9.85 Å². The van der Waals surface area contributed by atoms with Crippen LogP contribution in [-0.2, 0) is 0 Å². The third-order valence-corrected chi connectivity index (χ3v) is 5.48. The van der Waals surface area contributed by atoms with E-state index in [0.717, 1.165) is 24.0 Å². The van der Waals surface area contributed by atoms with Gasteiger partial charge in [0.1, 0.15) is 0 Å². The predicted molar refractivity (Wildman–Crippen MR) is 72.0 cm³/mol. The van der Waals surface area contributed by atoms with Gasteiger partial charge in [-0.15, -0.1) is 23.5 Å². The van der Waals surface area contributed by atoms with E-state index in [1.165, 1.54) is 12.1 Å². The van der Waals surface area contributed by atoms with Gasteiger partial charge in [-0.25, -0.2) is 0 Å². The SMILES string of the molecule is O=[N+]([O-])c1ccc(C2SCCCS2)c([N+](=O)[O-])c1. The molecular weight excluding hydrogens is 276 g/mol. The number of hydrogen-bond donors (Lipinski definition) is 0. The minimum Gasteiger partial charge on any atom is -0.258 e. The molecule has 1 aliphatic heterocycles. The Balaban J connectivity index is 2.39. The Kier molecular flexibility index (Phi) is 4.07. The van der Waals surface area contributed by atoms with Crippen LogP contribution in [-0.4, -0.2) is 21.4 Å². The second kappa shape index (κ2) is 5.57. The van der Waals surface area contributed by atoms with E-state index in [0.29, 0.717) is 5.56 Å². The Hall–Kier alpha value is -1.28. The number of nitro groups is 2. The van der Waals surface area contributed by atoms with Crippen LogP contribution in [0.3, 0.4) is 0 Å². The summed E-state index contributed by atoms with van der Waals surface area (Å²) in [5.41, 5.74) is 0.174. The van der Waals surface area contributed by atoms with Gasteiger partial charge in [0.15, 0.2) is 0 Å². The summed E-state index contributed by atoms with van der Waals surface area (Å²) >= 11 is 3.30. The maximum atomic E-state index is 11.0. The van der Waals surface area contributed by atoms with Crippen LogP contribution in [0, 0.1) is 20.2 Å². The lowest BCUT2D eigenvalue weighted by molar-refractivity contribution is -0.394. The zero-order valence-electron chi connectivity index (χ0n) is 9.27. The van der Waals surface area contributed by atoms with Gasteiger partial charge in [0.05, 0.1) is 26.1 Å². The van der Waals surface area contributed by atoms with Gasteiger partial charge in [-0.05, 0) is 24.0 Å². The maximum absolute atomic E-state index is 11.0. The van der Waals surface area contributed by atoms with Crippen molar-refractivity contribution in [2.45, 2.75) is 11.0 Å². The number of hydrogen-bond acceptors (Lipinski definition) is 6. The summed E-state index contributed by atoms with van der Waals surface area (Å²) in [5, 5.41) is 21.6. The van der Waals surface area contributed by atoms with Crippen LogP contribution >= 0.6 is 23.5 Å². The average molecular weight is 286 g/mol. The van der Waals surface area contributed by atoms with E-state index in [1.807, 2.05) is 0 Å². The molecule has 1 aromatic rings. The van der Waals surface area contributed by atoms with Crippen LogP contribution in [0.25, 0.3) is 0 Å². The molecule has 0 amide bonds. The number of nitrogens with zero attached hydrogens (tertiary/aromatic N) is 2. The minimum atomic E-state index is -0.613. The van der Waals surface area contributed by atoms with E-state index in [4.69, 9.17) is 0 Å². The highest BCUT2D eigenvalue weighted by Gasteiger charge is 2.27. The van der Waals surface area contributed by atoms with Crippen molar-refractivity contribution in [3.63, 3.8) is 0 Å². The Morgan fingerprint density at radius 2 is 1.78 bits per heavy atom. The van der Waals surface area contributed by atoms with Crippen LogP contribution in [0.15, 0.2) is 18.2 Å². The lowest BCUT2D eigenvalue weighted by atomic mass is 10.2. The van der Waals surface area contributed by atoms with Gasteiger partial charge < -0.3 is 0 Å². The number of rotatable bonds is 3. The summed E-state index contributed by atoms with van der Waals surface area (Å²) in [5.74, 6) is 1.93. The molecule has 0 unspecified atom stereocenters. The van der Waals surface area contributed by atoms with E-state index in [9.17, 15) is 20.2 Å². The molecule has 0 aliphatic carbocycles. The Morgan fingerprint density at radius 3 is 2.33 bits per heavy atom. The molecule has 0 saturated carbocycles. The summed E-state index contributed by atoms with van der Waals surface area (Å²) in [7, 11) is 0. The molecule has 2 rings (SSSR count). The molecule has 1 fully saturated rings. The van der Waals surface area contributed by atoms with Gasteiger partial charge in [-0.1, -0.05) is 0 Å². The fourth-order valence-electron chi connectivity index (χ4n) is 1.67. The first-order chi connectivity index (χ1) is 8.59. The molecule has 6 nitrogen and oxygen atoms in total. The zero-order chi connectivity index (χ0) is 13.1. The van der Waals surface area contributed by atoms with E-state index in [1.54, 1.807) is 23.5 Å². The third-order valence-electron chi connectivity index (χ3n) is 2.50. The molecule has 0 spiro atoms. The largest absolute Gasteiger partial charge is 0.281 e. The van der Waals surface area contributed by atoms with Gasteiger partial charge >= 0.3 is 0 Å². The number of thioether (sulfide) groups is 2. The fourth-order valence-corrected chi connectivity index (χ4v) is 4.62. The van der Waals surface area contributed by atoms with Crippen molar-refractivity contribution in [2.24, 2.45) is 0 Å². The number of non-ortho nitro benzene ring substituents is 1. The lowest BCUT2D eigenvalue weighted by Crippen LogP contribution is -2.04. The number of nitro benzene ring substituents is 2.